The van der Waals surface area contributed by atoms with Crippen LogP contribution in [0.5, 0.6) is 0 Å². The van der Waals surface area contributed by atoms with Gasteiger partial charge in [-0.2, -0.15) is 0 Å². The molecule has 106 valence electrons. The number of esters is 2. The maximum Gasteiger partial charge on any atom is 0.324 e. The first kappa shape index (κ1) is 17.2. The molecule has 4 heteroatoms. The number of rotatable bonds is 7. The summed E-state index contributed by atoms with van der Waals surface area (Å²) in [6, 6.07) is 0. The van der Waals surface area contributed by atoms with Crippen LogP contribution < -0.4 is 0 Å². The summed E-state index contributed by atoms with van der Waals surface area (Å²) < 4.78 is 9.43. The molecule has 0 aliphatic heterocycles. The first-order valence-corrected chi connectivity index (χ1v) is 6.32. The van der Waals surface area contributed by atoms with Gasteiger partial charge in [0.15, 0.2) is 5.41 Å². The summed E-state index contributed by atoms with van der Waals surface area (Å²) in [5.41, 5.74) is -1.40. The number of ether oxygens (including phenoxy) is 2. The molecule has 0 fully saturated rings. The fourth-order valence-corrected chi connectivity index (χ4v) is 1.67. The Hall–Kier alpha value is -1.76. The van der Waals surface area contributed by atoms with Crippen LogP contribution in [0, 0.1) is 17.3 Å². The van der Waals surface area contributed by atoms with Gasteiger partial charge in [0, 0.05) is 12.8 Å². The molecule has 19 heavy (non-hydrogen) atoms. The van der Waals surface area contributed by atoms with Crippen LogP contribution in [0.25, 0.3) is 0 Å². The third kappa shape index (κ3) is 4.78. The molecular formula is C15H22O4. The molecule has 0 radical (unpaired) electrons. The molecular weight excluding hydrogens is 244 g/mol. The van der Waals surface area contributed by atoms with E-state index in [2.05, 4.69) is 25.3 Å². The molecule has 0 saturated heterocycles. The standard InChI is InChI=1S/C15H22O4/c1-5-7-8-9-10-12-15(11-6-2,13(16)18-3)14(17)19-4/h6H,2,5,7-8,11-12H2,1,3-4H3. The number of hydrogen-bond donors (Lipinski definition) is 0. The van der Waals surface area contributed by atoms with Crippen molar-refractivity contribution in [1.82, 2.24) is 0 Å². The Balaban J connectivity index is 5.09. The van der Waals surface area contributed by atoms with E-state index in [4.69, 9.17) is 9.47 Å². The van der Waals surface area contributed by atoms with Crippen molar-refractivity contribution >= 4 is 11.9 Å². The summed E-state index contributed by atoms with van der Waals surface area (Å²) in [5, 5.41) is 0. The Labute approximate surface area is 115 Å². The van der Waals surface area contributed by atoms with E-state index >= 15 is 0 Å². The van der Waals surface area contributed by atoms with Crippen LogP contribution in [0.3, 0.4) is 0 Å². The minimum Gasteiger partial charge on any atom is -0.468 e. The maximum atomic E-state index is 11.9. The number of carbonyl (C=O) groups excluding carboxylic acids is 2. The molecule has 0 bridgehead atoms. The van der Waals surface area contributed by atoms with Gasteiger partial charge in [-0.1, -0.05) is 19.4 Å². The van der Waals surface area contributed by atoms with Crippen molar-refractivity contribution in [3.63, 3.8) is 0 Å². The fourth-order valence-electron chi connectivity index (χ4n) is 1.67. The average molecular weight is 266 g/mol. The van der Waals surface area contributed by atoms with Gasteiger partial charge in [-0.15, -0.1) is 18.4 Å². The Bertz CT molecular complexity index is 357. The van der Waals surface area contributed by atoms with Gasteiger partial charge in [0.05, 0.1) is 14.2 Å². The predicted molar refractivity (Wildman–Crippen MR) is 73.2 cm³/mol. The molecule has 0 saturated carbocycles. The lowest BCUT2D eigenvalue weighted by molar-refractivity contribution is -0.168. The SMILES string of the molecule is C=CCC(CC#CCCCC)(C(=O)OC)C(=O)OC. The highest BCUT2D eigenvalue weighted by atomic mass is 16.5. The Morgan fingerprint density at radius 3 is 2.21 bits per heavy atom. The lowest BCUT2D eigenvalue weighted by Crippen LogP contribution is -2.40. The quantitative estimate of drug-likeness (QED) is 0.233. The molecule has 0 aliphatic rings. The molecule has 0 heterocycles. The Morgan fingerprint density at radius 2 is 1.79 bits per heavy atom. The first-order valence-electron chi connectivity index (χ1n) is 6.32. The van der Waals surface area contributed by atoms with E-state index in [-0.39, 0.29) is 12.8 Å². The van der Waals surface area contributed by atoms with E-state index in [1.54, 1.807) is 0 Å². The Morgan fingerprint density at radius 1 is 1.21 bits per heavy atom. The molecule has 0 spiro atoms. The monoisotopic (exact) mass is 266 g/mol. The molecule has 0 aromatic carbocycles. The fraction of sp³-hybridized carbons (Fsp3) is 0.600. The van der Waals surface area contributed by atoms with Gasteiger partial charge in [0.2, 0.25) is 0 Å². The largest absolute Gasteiger partial charge is 0.468 e. The lowest BCUT2D eigenvalue weighted by atomic mass is 9.81. The number of carbonyl (C=O) groups is 2. The zero-order chi connectivity index (χ0) is 14.7. The van der Waals surface area contributed by atoms with Crippen LogP contribution in [-0.4, -0.2) is 26.2 Å². The number of allylic oxidation sites excluding steroid dienone is 1. The lowest BCUT2D eigenvalue weighted by Gasteiger charge is -2.24. The first-order chi connectivity index (χ1) is 9.08. The number of methoxy groups -OCH3 is 2. The van der Waals surface area contributed by atoms with Crippen LogP contribution in [0.15, 0.2) is 12.7 Å². The third-order valence-electron chi connectivity index (χ3n) is 2.82. The molecule has 4 nitrogen and oxygen atoms in total. The van der Waals surface area contributed by atoms with E-state index in [1.807, 2.05) is 0 Å². The molecule has 0 amide bonds. The summed E-state index contributed by atoms with van der Waals surface area (Å²) in [7, 11) is 2.49. The second kappa shape index (κ2) is 9.21. The second-order valence-corrected chi connectivity index (χ2v) is 4.19. The molecule has 0 N–H and O–H groups in total. The smallest absolute Gasteiger partial charge is 0.324 e. The topological polar surface area (TPSA) is 52.6 Å². The van der Waals surface area contributed by atoms with Gasteiger partial charge in [-0.3, -0.25) is 9.59 Å². The van der Waals surface area contributed by atoms with Crippen molar-refractivity contribution in [1.29, 1.82) is 0 Å². The highest BCUT2D eigenvalue weighted by molar-refractivity contribution is 6.00. The van der Waals surface area contributed by atoms with Crippen molar-refractivity contribution in [3.05, 3.63) is 12.7 Å². The van der Waals surface area contributed by atoms with Crippen molar-refractivity contribution in [2.45, 2.75) is 39.0 Å². The minimum atomic E-state index is -1.40. The summed E-state index contributed by atoms with van der Waals surface area (Å²) in [6.45, 7) is 5.65. The predicted octanol–water partition coefficient (Wildman–Crippen LogP) is 2.48. The maximum absolute atomic E-state index is 11.9. The summed E-state index contributed by atoms with van der Waals surface area (Å²) in [5.74, 6) is 4.56. The molecule has 0 atom stereocenters. The van der Waals surface area contributed by atoms with E-state index in [0.29, 0.717) is 0 Å². The van der Waals surface area contributed by atoms with Gasteiger partial charge in [0.25, 0.3) is 0 Å². The van der Waals surface area contributed by atoms with Crippen LogP contribution in [0.4, 0.5) is 0 Å². The van der Waals surface area contributed by atoms with Crippen molar-refractivity contribution < 1.29 is 19.1 Å². The van der Waals surface area contributed by atoms with Crippen LogP contribution in [0.1, 0.15) is 39.0 Å². The van der Waals surface area contributed by atoms with Crippen LogP contribution in [0.2, 0.25) is 0 Å². The Kier molecular flexibility index (Phi) is 8.35. The minimum absolute atomic E-state index is 0.0854. The van der Waals surface area contributed by atoms with E-state index < -0.39 is 17.4 Å². The third-order valence-corrected chi connectivity index (χ3v) is 2.82. The molecule has 0 aromatic heterocycles. The van der Waals surface area contributed by atoms with Crippen molar-refractivity contribution in [2.75, 3.05) is 14.2 Å². The normalized spacial score (nSPS) is 10.1. The van der Waals surface area contributed by atoms with Gasteiger partial charge in [-0.25, -0.2) is 0 Å². The zero-order valence-electron chi connectivity index (χ0n) is 12.0. The zero-order valence-corrected chi connectivity index (χ0v) is 12.0. The highest BCUT2D eigenvalue weighted by Crippen LogP contribution is 2.30. The van der Waals surface area contributed by atoms with Gasteiger partial charge in [0.1, 0.15) is 0 Å². The molecule has 0 aliphatic carbocycles. The second-order valence-electron chi connectivity index (χ2n) is 4.19. The molecule has 0 unspecified atom stereocenters. The van der Waals surface area contributed by atoms with Crippen molar-refractivity contribution in [2.24, 2.45) is 5.41 Å². The van der Waals surface area contributed by atoms with E-state index in [0.717, 1.165) is 19.3 Å². The average Bonchev–Trinajstić information content (AvgIpc) is 2.44. The van der Waals surface area contributed by atoms with Gasteiger partial charge < -0.3 is 9.47 Å². The van der Waals surface area contributed by atoms with Crippen molar-refractivity contribution in [3.8, 4) is 11.8 Å². The van der Waals surface area contributed by atoms with Crippen LogP contribution in [-0.2, 0) is 19.1 Å². The highest BCUT2D eigenvalue weighted by Gasteiger charge is 2.46. The van der Waals surface area contributed by atoms with Crippen LogP contribution >= 0.6 is 0 Å². The molecule has 0 aromatic rings. The van der Waals surface area contributed by atoms with Gasteiger partial charge >= 0.3 is 11.9 Å². The molecule has 0 rings (SSSR count). The van der Waals surface area contributed by atoms with E-state index in [9.17, 15) is 9.59 Å². The van der Waals surface area contributed by atoms with Gasteiger partial charge in [-0.05, 0) is 12.8 Å². The summed E-state index contributed by atoms with van der Waals surface area (Å²) in [6.07, 6.45) is 4.54. The van der Waals surface area contributed by atoms with E-state index in [1.165, 1.54) is 20.3 Å². The number of hydrogen-bond acceptors (Lipinski definition) is 4. The summed E-state index contributed by atoms with van der Waals surface area (Å²) >= 11 is 0. The summed E-state index contributed by atoms with van der Waals surface area (Å²) in [4.78, 5) is 23.8. The number of unbranched alkanes of at least 4 members (excludes halogenated alkanes) is 2.